The Bertz CT molecular complexity index is 743. The van der Waals surface area contributed by atoms with E-state index in [4.69, 9.17) is 4.74 Å². The van der Waals surface area contributed by atoms with Gasteiger partial charge in [0.15, 0.2) is 0 Å². The number of benzene rings is 1. The van der Waals surface area contributed by atoms with Crippen LogP contribution in [-0.2, 0) is 12.8 Å². The molecule has 0 radical (unpaired) electrons. The maximum atomic E-state index is 6.05. The SMILES string of the molecule is CN(CCCOc1ccc2c(c1)CCC(CN1CCCC1)C2)c1ccncc1. The van der Waals surface area contributed by atoms with Crippen LogP contribution in [0.2, 0.25) is 0 Å². The van der Waals surface area contributed by atoms with Crippen LogP contribution in [0.25, 0.3) is 0 Å². The average molecular weight is 380 g/mol. The summed E-state index contributed by atoms with van der Waals surface area (Å²) in [4.78, 5) is 8.99. The average Bonchev–Trinajstić information content (AvgIpc) is 3.25. The number of nitrogens with zero attached hydrogens (tertiary/aromatic N) is 3. The minimum Gasteiger partial charge on any atom is -0.494 e. The van der Waals surface area contributed by atoms with Crippen molar-refractivity contribution in [3.05, 3.63) is 53.9 Å². The molecule has 28 heavy (non-hydrogen) atoms. The van der Waals surface area contributed by atoms with E-state index in [0.717, 1.165) is 31.2 Å². The highest BCUT2D eigenvalue weighted by Crippen LogP contribution is 2.30. The van der Waals surface area contributed by atoms with Gasteiger partial charge < -0.3 is 14.5 Å². The number of aryl methyl sites for hydroxylation is 1. The molecule has 1 unspecified atom stereocenters. The van der Waals surface area contributed by atoms with Crippen LogP contribution >= 0.6 is 0 Å². The molecule has 150 valence electrons. The smallest absolute Gasteiger partial charge is 0.119 e. The number of pyridine rings is 1. The van der Waals surface area contributed by atoms with E-state index in [0.29, 0.717) is 0 Å². The van der Waals surface area contributed by atoms with Crippen LogP contribution < -0.4 is 9.64 Å². The maximum Gasteiger partial charge on any atom is 0.119 e. The van der Waals surface area contributed by atoms with Crippen LogP contribution in [0.1, 0.15) is 36.8 Å². The van der Waals surface area contributed by atoms with Crippen molar-refractivity contribution in [3.8, 4) is 5.75 Å². The Labute approximate surface area is 169 Å². The third-order valence-electron chi connectivity index (χ3n) is 6.23. The van der Waals surface area contributed by atoms with Crippen LogP contribution in [0.3, 0.4) is 0 Å². The monoisotopic (exact) mass is 379 g/mol. The molecule has 0 N–H and O–H groups in total. The third-order valence-corrected chi connectivity index (χ3v) is 6.23. The summed E-state index contributed by atoms with van der Waals surface area (Å²) in [5, 5.41) is 0. The second kappa shape index (κ2) is 9.42. The lowest BCUT2D eigenvalue weighted by Crippen LogP contribution is -2.30. The van der Waals surface area contributed by atoms with E-state index < -0.39 is 0 Å². The molecule has 1 aliphatic heterocycles. The fourth-order valence-electron chi connectivity index (χ4n) is 4.60. The van der Waals surface area contributed by atoms with Gasteiger partial charge in [-0.2, -0.15) is 0 Å². The molecule has 1 aromatic heterocycles. The Kier molecular flexibility index (Phi) is 6.48. The fourth-order valence-corrected chi connectivity index (χ4v) is 4.60. The van der Waals surface area contributed by atoms with Crippen LogP contribution in [0, 0.1) is 5.92 Å². The molecule has 4 heteroatoms. The predicted octanol–water partition coefficient (Wildman–Crippen LogP) is 4.19. The van der Waals surface area contributed by atoms with Crippen molar-refractivity contribution < 1.29 is 4.74 Å². The van der Waals surface area contributed by atoms with Gasteiger partial charge >= 0.3 is 0 Å². The lowest BCUT2D eigenvalue weighted by Gasteiger charge is -2.28. The molecule has 1 aromatic carbocycles. The Balaban J connectivity index is 1.22. The Morgan fingerprint density at radius 2 is 1.93 bits per heavy atom. The number of rotatable bonds is 8. The van der Waals surface area contributed by atoms with Crippen molar-refractivity contribution in [2.75, 3.05) is 44.7 Å². The van der Waals surface area contributed by atoms with E-state index in [2.05, 4.69) is 40.0 Å². The van der Waals surface area contributed by atoms with Crippen molar-refractivity contribution >= 4 is 5.69 Å². The summed E-state index contributed by atoms with van der Waals surface area (Å²) >= 11 is 0. The second-order valence-corrected chi connectivity index (χ2v) is 8.38. The largest absolute Gasteiger partial charge is 0.494 e. The van der Waals surface area contributed by atoms with E-state index in [-0.39, 0.29) is 0 Å². The first kappa shape index (κ1) is 19.3. The summed E-state index contributed by atoms with van der Waals surface area (Å²) in [6.45, 7) is 5.65. The first-order chi connectivity index (χ1) is 13.8. The van der Waals surface area contributed by atoms with Gasteiger partial charge in [-0.25, -0.2) is 0 Å². The van der Waals surface area contributed by atoms with E-state index in [1.54, 1.807) is 5.56 Å². The first-order valence-corrected chi connectivity index (χ1v) is 10.9. The summed E-state index contributed by atoms with van der Waals surface area (Å²) in [5.74, 6) is 1.87. The van der Waals surface area contributed by atoms with Gasteiger partial charge in [0.1, 0.15) is 5.75 Å². The standard InChI is InChI=1S/C24H33N3O/c1-26(23-9-11-25-12-10-23)13-4-16-28-24-8-7-21-17-20(5-6-22(21)18-24)19-27-14-2-3-15-27/h7-12,18,20H,2-6,13-17,19H2,1H3. The highest BCUT2D eigenvalue weighted by atomic mass is 16.5. The number of aromatic nitrogens is 1. The number of anilines is 1. The molecule has 0 saturated carbocycles. The third kappa shape index (κ3) is 5.05. The van der Waals surface area contributed by atoms with Gasteiger partial charge in [-0.05, 0) is 92.9 Å². The van der Waals surface area contributed by atoms with Gasteiger partial charge in [0.25, 0.3) is 0 Å². The van der Waals surface area contributed by atoms with Crippen molar-refractivity contribution in [2.45, 2.75) is 38.5 Å². The quantitative estimate of drug-likeness (QED) is 0.643. The number of hydrogen-bond acceptors (Lipinski definition) is 4. The van der Waals surface area contributed by atoms with Crippen LogP contribution in [0.5, 0.6) is 5.75 Å². The minimum absolute atomic E-state index is 0.756. The van der Waals surface area contributed by atoms with E-state index >= 15 is 0 Å². The molecule has 0 amide bonds. The van der Waals surface area contributed by atoms with Crippen molar-refractivity contribution in [1.29, 1.82) is 0 Å². The number of likely N-dealkylation sites (tertiary alicyclic amines) is 1. The van der Waals surface area contributed by atoms with Gasteiger partial charge in [0.2, 0.25) is 0 Å². The molecule has 2 aromatic rings. The molecule has 1 atom stereocenters. The molecule has 1 aliphatic carbocycles. The Hall–Kier alpha value is -2.07. The van der Waals surface area contributed by atoms with Gasteiger partial charge in [-0.15, -0.1) is 0 Å². The summed E-state index contributed by atoms with van der Waals surface area (Å²) in [6.07, 6.45) is 11.2. The van der Waals surface area contributed by atoms with E-state index in [9.17, 15) is 0 Å². The predicted molar refractivity (Wildman–Crippen MR) is 115 cm³/mol. The zero-order valence-electron chi connectivity index (χ0n) is 17.1. The number of hydrogen-bond donors (Lipinski definition) is 0. The van der Waals surface area contributed by atoms with E-state index in [1.807, 2.05) is 24.5 Å². The highest BCUT2D eigenvalue weighted by molar-refractivity contribution is 5.43. The van der Waals surface area contributed by atoms with Crippen LogP contribution in [0.15, 0.2) is 42.7 Å². The van der Waals surface area contributed by atoms with Gasteiger partial charge in [0, 0.05) is 38.2 Å². The van der Waals surface area contributed by atoms with Gasteiger partial charge in [-0.3, -0.25) is 4.98 Å². The molecular formula is C24H33N3O. The highest BCUT2D eigenvalue weighted by Gasteiger charge is 2.22. The fraction of sp³-hybridized carbons (Fsp3) is 0.542. The lowest BCUT2D eigenvalue weighted by atomic mass is 9.83. The van der Waals surface area contributed by atoms with Crippen LogP contribution in [-0.4, -0.2) is 49.7 Å². The van der Waals surface area contributed by atoms with Gasteiger partial charge in [0.05, 0.1) is 6.61 Å². The molecule has 4 nitrogen and oxygen atoms in total. The van der Waals surface area contributed by atoms with Crippen LogP contribution in [0.4, 0.5) is 5.69 Å². The molecule has 2 heterocycles. The Morgan fingerprint density at radius 1 is 1.11 bits per heavy atom. The molecule has 0 spiro atoms. The van der Waals surface area contributed by atoms with Crippen molar-refractivity contribution in [3.63, 3.8) is 0 Å². The summed E-state index contributed by atoms with van der Waals surface area (Å²) in [6, 6.07) is 10.9. The lowest BCUT2D eigenvalue weighted by molar-refractivity contribution is 0.261. The summed E-state index contributed by atoms with van der Waals surface area (Å²) in [5.41, 5.74) is 4.25. The molecule has 0 bridgehead atoms. The summed E-state index contributed by atoms with van der Waals surface area (Å²) in [7, 11) is 2.12. The Morgan fingerprint density at radius 3 is 2.75 bits per heavy atom. The molecule has 4 rings (SSSR count). The van der Waals surface area contributed by atoms with E-state index in [1.165, 1.54) is 63.0 Å². The molecule has 2 aliphatic rings. The van der Waals surface area contributed by atoms with Crippen molar-refractivity contribution in [2.24, 2.45) is 5.92 Å². The molecular weight excluding hydrogens is 346 g/mol. The van der Waals surface area contributed by atoms with Gasteiger partial charge in [-0.1, -0.05) is 6.07 Å². The number of fused-ring (bicyclic) bond motifs is 1. The zero-order valence-corrected chi connectivity index (χ0v) is 17.1. The summed E-state index contributed by atoms with van der Waals surface area (Å²) < 4.78 is 6.05. The topological polar surface area (TPSA) is 28.6 Å². The maximum absolute atomic E-state index is 6.05. The number of ether oxygens (including phenoxy) is 1. The normalized spacial score (nSPS) is 19.4. The first-order valence-electron chi connectivity index (χ1n) is 10.9. The zero-order chi connectivity index (χ0) is 19.2. The minimum atomic E-state index is 0.756. The molecule has 1 fully saturated rings. The van der Waals surface area contributed by atoms with Crippen molar-refractivity contribution in [1.82, 2.24) is 9.88 Å². The second-order valence-electron chi connectivity index (χ2n) is 8.38. The molecule has 1 saturated heterocycles.